The van der Waals surface area contributed by atoms with Crippen LogP contribution in [0.2, 0.25) is 0 Å². The molecule has 1 amide bonds. The molecular weight excluding hydrogens is 421 g/mol. The monoisotopic (exact) mass is 445 g/mol. The fourth-order valence-electron chi connectivity index (χ4n) is 4.17. The molecule has 1 fully saturated rings. The summed E-state index contributed by atoms with van der Waals surface area (Å²) in [5, 5.41) is 2.12. The number of nitrogens with zero attached hydrogens (tertiary/aromatic N) is 2. The van der Waals surface area contributed by atoms with Crippen molar-refractivity contribution in [2.75, 3.05) is 31.1 Å². The highest BCUT2D eigenvalue weighted by Gasteiger charge is 2.24. The van der Waals surface area contributed by atoms with Gasteiger partial charge in [0.1, 0.15) is 5.82 Å². The zero-order valence-electron chi connectivity index (χ0n) is 17.6. The van der Waals surface area contributed by atoms with E-state index in [2.05, 4.69) is 34.1 Å². The van der Waals surface area contributed by atoms with Gasteiger partial charge in [-0.15, -0.1) is 0 Å². The molecule has 0 spiro atoms. The highest BCUT2D eigenvalue weighted by Crippen LogP contribution is 2.35. The molecule has 0 saturated carbocycles. The molecule has 0 unspecified atom stereocenters. The second kappa shape index (κ2) is 9.09. The third-order valence-corrected chi connectivity index (χ3v) is 6.95. The van der Waals surface area contributed by atoms with Crippen molar-refractivity contribution >= 4 is 34.3 Å². The Hall–Kier alpha value is -3.25. The quantitative estimate of drug-likeness (QED) is 0.450. The SMILES string of the molecule is O=C(Cc1c(Sc2ccccc2)[nH]c2ccccc12)N1CCN(c2ccc(F)cc2)CC1. The first kappa shape index (κ1) is 20.6. The van der Waals surface area contributed by atoms with Crippen molar-refractivity contribution in [3.63, 3.8) is 0 Å². The van der Waals surface area contributed by atoms with Crippen molar-refractivity contribution in [3.8, 4) is 0 Å². The first-order valence-electron chi connectivity index (χ1n) is 10.8. The molecule has 4 nitrogen and oxygen atoms in total. The van der Waals surface area contributed by atoms with Gasteiger partial charge in [0.2, 0.25) is 5.91 Å². The van der Waals surface area contributed by atoms with Gasteiger partial charge in [0.25, 0.3) is 0 Å². The lowest BCUT2D eigenvalue weighted by molar-refractivity contribution is -0.130. The third-order valence-electron chi connectivity index (χ3n) is 5.89. The molecule has 1 N–H and O–H groups in total. The van der Waals surface area contributed by atoms with Gasteiger partial charge in [0.05, 0.1) is 11.4 Å². The third kappa shape index (κ3) is 4.36. The maximum atomic E-state index is 13.2. The van der Waals surface area contributed by atoms with Crippen molar-refractivity contribution in [3.05, 3.63) is 90.2 Å². The van der Waals surface area contributed by atoms with E-state index in [0.717, 1.165) is 45.2 Å². The van der Waals surface area contributed by atoms with Gasteiger partial charge in [0, 0.05) is 53.2 Å². The van der Waals surface area contributed by atoms with E-state index in [-0.39, 0.29) is 11.7 Å². The summed E-state index contributed by atoms with van der Waals surface area (Å²) in [6.07, 6.45) is 0.371. The molecule has 3 aromatic carbocycles. The number of piperazine rings is 1. The van der Waals surface area contributed by atoms with Crippen LogP contribution in [0.3, 0.4) is 0 Å². The normalized spacial score (nSPS) is 14.2. The number of para-hydroxylation sites is 1. The van der Waals surface area contributed by atoms with Crippen LogP contribution < -0.4 is 4.90 Å². The number of nitrogens with one attached hydrogen (secondary N) is 1. The lowest BCUT2D eigenvalue weighted by atomic mass is 10.1. The number of carbonyl (C=O) groups excluding carboxylic acids is 1. The fraction of sp³-hybridized carbons (Fsp3) is 0.192. The predicted octanol–water partition coefficient (Wildman–Crippen LogP) is 5.35. The van der Waals surface area contributed by atoms with E-state index in [1.165, 1.54) is 12.1 Å². The van der Waals surface area contributed by atoms with Crippen molar-refractivity contribution in [1.29, 1.82) is 0 Å². The van der Waals surface area contributed by atoms with E-state index in [9.17, 15) is 9.18 Å². The lowest BCUT2D eigenvalue weighted by Gasteiger charge is -2.36. The minimum Gasteiger partial charge on any atom is -0.368 e. The van der Waals surface area contributed by atoms with Gasteiger partial charge < -0.3 is 14.8 Å². The number of anilines is 1. The fourth-order valence-corrected chi connectivity index (χ4v) is 5.17. The van der Waals surface area contributed by atoms with Gasteiger partial charge >= 0.3 is 0 Å². The summed E-state index contributed by atoms with van der Waals surface area (Å²) in [6, 6.07) is 24.9. The zero-order chi connectivity index (χ0) is 21.9. The van der Waals surface area contributed by atoms with Crippen molar-refractivity contribution < 1.29 is 9.18 Å². The van der Waals surface area contributed by atoms with Crippen molar-refractivity contribution in [2.45, 2.75) is 16.3 Å². The van der Waals surface area contributed by atoms with E-state index >= 15 is 0 Å². The maximum Gasteiger partial charge on any atom is 0.227 e. The number of benzene rings is 3. The largest absolute Gasteiger partial charge is 0.368 e. The molecular formula is C26H24FN3OS. The van der Waals surface area contributed by atoms with Gasteiger partial charge in [-0.1, -0.05) is 48.2 Å². The van der Waals surface area contributed by atoms with Crippen LogP contribution in [0, 0.1) is 5.82 Å². The van der Waals surface area contributed by atoms with Crippen LogP contribution in [0.5, 0.6) is 0 Å². The summed E-state index contributed by atoms with van der Waals surface area (Å²) >= 11 is 1.66. The number of amides is 1. The van der Waals surface area contributed by atoms with Crippen LogP contribution in [-0.2, 0) is 11.2 Å². The number of halogens is 1. The summed E-state index contributed by atoms with van der Waals surface area (Å²) in [7, 11) is 0. The number of fused-ring (bicyclic) bond motifs is 1. The first-order valence-corrected chi connectivity index (χ1v) is 11.6. The molecule has 5 rings (SSSR count). The van der Waals surface area contributed by atoms with Crippen LogP contribution in [0.4, 0.5) is 10.1 Å². The molecule has 1 saturated heterocycles. The number of H-pyrrole nitrogens is 1. The molecule has 1 aliphatic heterocycles. The average molecular weight is 446 g/mol. The highest BCUT2D eigenvalue weighted by molar-refractivity contribution is 7.99. The van der Waals surface area contributed by atoms with Gasteiger partial charge in [0.15, 0.2) is 0 Å². The first-order chi connectivity index (χ1) is 15.7. The Kier molecular flexibility index (Phi) is 5.86. The molecule has 1 aliphatic rings. The number of aromatic nitrogens is 1. The Morgan fingerprint density at radius 1 is 0.875 bits per heavy atom. The molecule has 162 valence electrons. The van der Waals surface area contributed by atoms with Gasteiger partial charge in [-0.25, -0.2) is 4.39 Å². The summed E-state index contributed by atoms with van der Waals surface area (Å²) in [5.41, 5.74) is 3.10. The van der Waals surface area contributed by atoms with E-state index in [1.54, 1.807) is 23.9 Å². The summed E-state index contributed by atoms with van der Waals surface area (Å²) < 4.78 is 13.2. The number of carbonyl (C=O) groups is 1. The van der Waals surface area contributed by atoms with E-state index in [4.69, 9.17) is 0 Å². The Morgan fingerprint density at radius 2 is 1.56 bits per heavy atom. The number of hydrogen-bond acceptors (Lipinski definition) is 3. The minimum absolute atomic E-state index is 0.142. The second-order valence-electron chi connectivity index (χ2n) is 7.91. The van der Waals surface area contributed by atoms with Gasteiger partial charge in [-0.2, -0.15) is 0 Å². The Bertz CT molecular complexity index is 1220. The standard InChI is InChI=1S/C26H24FN3OS/c27-19-10-12-20(13-11-19)29-14-16-30(17-15-29)25(31)18-23-22-8-4-5-9-24(22)28-26(23)32-21-6-2-1-3-7-21/h1-13,28H,14-18H2. The Balaban J connectivity index is 1.31. The summed E-state index contributed by atoms with van der Waals surface area (Å²) in [5.74, 6) is -0.0890. The van der Waals surface area contributed by atoms with Crippen molar-refractivity contribution in [1.82, 2.24) is 9.88 Å². The Labute approximate surface area is 191 Å². The molecule has 32 heavy (non-hydrogen) atoms. The predicted molar refractivity (Wildman–Crippen MR) is 128 cm³/mol. The van der Waals surface area contributed by atoms with Crippen LogP contribution in [-0.4, -0.2) is 42.0 Å². The van der Waals surface area contributed by atoms with Gasteiger partial charge in [-0.05, 0) is 42.5 Å². The molecule has 0 aliphatic carbocycles. The molecule has 0 radical (unpaired) electrons. The molecule has 0 atom stereocenters. The smallest absolute Gasteiger partial charge is 0.227 e. The summed E-state index contributed by atoms with van der Waals surface area (Å²) in [6.45, 7) is 2.83. The van der Waals surface area contributed by atoms with Crippen LogP contribution in [0.1, 0.15) is 5.56 Å². The average Bonchev–Trinajstić information content (AvgIpc) is 3.17. The number of aromatic amines is 1. The van der Waals surface area contributed by atoms with E-state index < -0.39 is 0 Å². The van der Waals surface area contributed by atoms with Crippen LogP contribution >= 0.6 is 11.8 Å². The zero-order valence-corrected chi connectivity index (χ0v) is 18.4. The number of hydrogen-bond donors (Lipinski definition) is 1. The molecule has 6 heteroatoms. The number of rotatable bonds is 5. The maximum absolute atomic E-state index is 13.2. The van der Waals surface area contributed by atoms with Crippen molar-refractivity contribution in [2.24, 2.45) is 0 Å². The van der Waals surface area contributed by atoms with Crippen LogP contribution in [0.25, 0.3) is 10.9 Å². The topological polar surface area (TPSA) is 39.3 Å². The highest BCUT2D eigenvalue weighted by atomic mass is 32.2. The Morgan fingerprint density at radius 3 is 2.31 bits per heavy atom. The van der Waals surface area contributed by atoms with E-state index in [1.807, 2.05) is 35.2 Å². The summed E-state index contributed by atoms with van der Waals surface area (Å²) in [4.78, 5) is 22.0. The molecule has 1 aromatic heterocycles. The van der Waals surface area contributed by atoms with E-state index in [0.29, 0.717) is 19.5 Å². The van der Waals surface area contributed by atoms with Crippen LogP contribution in [0.15, 0.2) is 88.8 Å². The minimum atomic E-state index is -0.231. The second-order valence-corrected chi connectivity index (χ2v) is 9.00. The van der Waals surface area contributed by atoms with Gasteiger partial charge in [-0.3, -0.25) is 4.79 Å². The molecule has 4 aromatic rings. The molecule has 2 heterocycles. The lowest BCUT2D eigenvalue weighted by Crippen LogP contribution is -2.49. The molecule has 0 bridgehead atoms.